The lowest BCUT2D eigenvalue weighted by atomic mass is 10.1. The molecule has 236 valence electrons. The molecule has 44 heavy (non-hydrogen) atoms. The second kappa shape index (κ2) is 14.3. The van der Waals surface area contributed by atoms with E-state index in [-0.39, 0.29) is 23.3 Å². The Bertz CT molecular complexity index is 1610. The summed E-state index contributed by atoms with van der Waals surface area (Å²) in [7, 11) is 1.80. The predicted octanol–water partition coefficient (Wildman–Crippen LogP) is 6.50. The molecule has 2 amide bonds. The van der Waals surface area contributed by atoms with Crippen molar-refractivity contribution in [3.8, 4) is 0 Å². The zero-order valence-corrected chi connectivity index (χ0v) is 28.9. The number of rotatable bonds is 5. The van der Waals surface area contributed by atoms with Crippen molar-refractivity contribution in [1.82, 2.24) is 19.8 Å². The van der Waals surface area contributed by atoms with Gasteiger partial charge in [0, 0.05) is 34.5 Å². The van der Waals surface area contributed by atoms with Crippen LogP contribution in [0.5, 0.6) is 0 Å². The smallest absolute Gasteiger partial charge is 0.410 e. The number of fused-ring (bicyclic) bond motifs is 1. The molecule has 10 nitrogen and oxygen atoms in total. The van der Waals surface area contributed by atoms with Crippen molar-refractivity contribution < 1.29 is 19.1 Å². The fourth-order valence-electron chi connectivity index (χ4n) is 5.33. The first-order chi connectivity index (χ1) is 20.8. The van der Waals surface area contributed by atoms with Gasteiger partial charge in [-0.25, -0.2) is 9.78 Å². The third-order valence-corrected chi connectivity index (χ3v) is 8.48. The first kappa shape index (κ1) is 33.8. The topological polar surface area (TPSA) is 123 Å². The van der Waals surface area contributed by atoms with Crippen LogP contribution in [0.15, 0.2) is 50.1 Å². The molecule has 5 rings (SSSR count). The summed E-state index contributed by atoms with van der Waals surface area (Å²) >= 11 is 6.78. The van der Waals surface area contributed by atoms with Gasteiger partial charge in [0.15, 0.2) is 5.78 Å². The van der Waals surface area contributed by atoms with E-state index < -0.39 is 17.7 Å². The lowest BCUT2D eigenvalue weighted by Gasteiger charge is -2.28. The Kier molecular flexibility index (Phi) is 11.0. The summed E-state index contributed by atoms with van der Waals surface area (Å²) in [6.07, 6.45) is 3.33. The van der Waals surface area contributed by atoms with E-state index in [1.54, 1.807) is 57.5 Å². The van der Waals surface area contributed by atoms with Crippen LogP contribution in [0.25, 0.3) is 10.9 Å². The van der Waals surface area contributed by atoms with Crippen molar-refractivity contribution >= 4 is 66.2 Å². The van der Waals surface area contributed by atoms with E-state index in [2.05, 4.69) is 47.5 Å². The van der Waals surface area contributed by atoms with Gasteiger partial charge in [-0.15, -0.1) is 0 Å². The molecule has 0 spiro atoms. The van der Waals surface area contributed by atoms with Crippen molar-refractivity contribution in [1.29, 1.82) is 0 Å². The van der Waals surface area contributed by atoms with Crippen LogP contribution in [0.2, 0.25) is 0 Å². The molecular weight excluding hydrogens is 694 g/mol. The number of ketones is 1. The van der Waals surface area contributed by atoms with Gasteiger partial charge in [0.2, 0.25) is 5.91 Å². The van der Waals surface area contributed by atoms with Gasteiger partial charge in [-0.3, -0.25) is 23.9 Å². The molecule has 0 radical (unpaired) electrons. The first-order valence-corrected chi connectivity index (χ1v) is 16.4. The van der Waals surface area contributed by atoms with Gasteiger partial charge in [0.05, 0.1) is 22.6 Å². The van der Waals surface area contributed by atoms with Gasteiger partial charge in [0.1, 0.15) is 17.5 Å². The maximum absolute atomic E-state index is 12.8. The van der Waals surface area contributed by atoms with E-state index in [0.717, 1.165) is 46.1 Å². The number of carbonyl (C=O) groups excluding carboxylic acids is 3. The molecule has 2 aliphatic heterocycles. The standard InChI is InChI=1S/C19H25BrN2O4.C13H14BrN3O/c1-5-16(23)13-9-8-12(20)11-14(13)21-17(24)15-7-6-10-22(15)18(25)26-19(2,3)4;1-17-12(10-3-2-6-15-10)16-11-7-8(14)4-5-9(11)13(17)18/h8-9,11,15H,5-7,10H2,1-4H3,(H,21,24);4-5,7,10,15H,2-3,6H2,1H3. The quantitative estimate of drug-likeness (QED) is 0.287. The zero-order valence-electron chi connectivity index (χ0n) is 25.7. The molecule has 3 aromatic rings. The Morgan fingerprint density at radius 3 is 2.43 bits per heavy atom. The van der Waals surface area contributed by atoms with Gasteiger partial charge in [-0.1, -0.05) is 38.8 Å². The lowest BCUT2D eigenvalue weighted by Crippen LogP contribution is -2.45. The number of nitrogens with zero attached hydrogens (tertiary/aromatic N) is 3. The van der Waals surface area contributed by atoms with Crippen LogP contribution in [0.4, 0.5) is 10.5 Å². The summed E-state index contributed by atoms with van der Waals surface area (Å²) in [5.74, 6) is 0.475. The van der Waals surface area contributed by atoms with Crippen molar-refractivity contribution in [2.45, 2.75) is 77.5 Å². The van der Waals surface area contributed by atoms with Gasteiger partial charge < -0.3 is 15.4 Å². The number of likely N-dealkylation sites (tertiary alicyclic amines) is 1. The second-order valence-corrected chi connectivity index (χ2v) is 13.8. The van der Waals surface area contributed by atoms with Gasteiger partial charge in [-0.05, 0) is 89.4 Å². The van der Waals surface area contributed by atoms with Crippen LogP contribution < -0.4 is 16.2 Å². The molecule has 2 unspecified atom stereocenters. The summed E-state index contributed by atoms with van der Waals surface area (Å²) < 4.78 is 8.77. The van der Waals surface area contributed by atoms with Crippen molar-refractivity contribution in [3.05, 3.63) is 67.1 Å². The normalized spacial score (nSPS) is 18.1. The number of nitrogens with one attached hydrogen (secondary N) is 2. The number of benzene rings is 2. The van der Waals surface area contributed by atoms with Crippen LogP contribution in [-0.4, -0.2) is 57.0 Å². The number of anilines is 1. The van der Waals surface area contributed by atoms with E-state index in [0.29, 0.717) is 36.0 Å². The summed E-state index contributed by atoms with van der Waals surface area (Å²) in [6, 6.07) is 10.3. The Morgan fingerprint density at radius 1 is 1.07 bits per heavy atom. The van der Waals surface area contributed by atoms with Crippen LogP contribution >= 0.6 is 31.9 Å². The van der Waals surface area contributed by atoms with Crippen molar-refractivity contribution in [3.63, 3.8) is 0 Å². The van der Waals surface area contributed by atoms with Crippen LogP contribution in [0.1, 0.15) is 82.0 Å². The maximum Gasteiger partial charge on any atom is 0.410 e. The Labute approximate surface area is 274 Å². The van der Waals surface area contributed by atoms with Crippen LogP contribution in [-0.2, 0) is 16.6 Å². The van der Waals surface area contributed by atoms with E-state index in [4.69, 9.17) is 4.74 Å². The van der Waals surface area contributed by atoms with Gasteiger partial charge in [-0.2, -0.15) is 0 Å². The number of halogens is 2. The number of hydrogen-bond acceptors (Lipinski definition) is 7. The zero-order chi connectivity index (χ0) is 32.2. The Hall–Kier alpha value is -3.09. The fraction of sp³-hybridized carbons (Fsp3) is 0.469. The molecule has 3 heterocycles. The highest BCUT2D eigenvalue weighted by Crippen LogP contribution is 2.27. The van der Waals surface area contributed by atoms with E-state index in [9.17, 15) is 19.2 Å². The molecule has 2 aliphatic rings. The summed E-state index contributed by atoms with van der Waals surface area (Å²) in [4.78, 5) is 55.7. The monoisotopic (exact) mass is 731 g/mol. The molecular formula is C32H39Br2N5O5. The summed E-state index contributed by atoms with van der Waals surface area (Å²) in [6.45, 7) is 8.63. The highest BCUT2D eigenvalue weighted by atomic mass is 79.9. The molecule has 2 aromatic carbocycles. The summed E-state index contributed by atoms with van der Waals surface area (Å²) in [5.41, 5.74) is 1.08. The number of aromatic nitrogens is 2. The minimum absolute atomic E-state index is 0.0243. The molecule has 2 fully saturated rings. The van der Waals surface area contributed by atoms with Crippen LogP contribution in [0, 0.1) is 0 Å². The second-order valence-electron chi connectivity index (χ2n) is 11.9. The number of carbonyl (C=O) groups is 3. The number of hydrogen-bond donors (Lipinski definition) is 2. The minimum atomic E-state index is -0.619. The van der Waals surface area contributed by atoms with Crippen molar-refractivity contribution in [2.24, 2.45) is 7.05 Å². The summed E-state index contributed by atoms with van der Waals surface area (Å²) in [5, 5.41) is 6.87. The lowest BCUT2D eigenvalue weighted by molar-refractivity contribution is -0.120. The molecule has 2 N–H and O–H groups in total. The molecule has 0 saturated carbocycles. The first-order valence-electron chi connectivity index (χ1n) is 14.8. The molecule has 2 atom stereocenters. The predicted molar refractivity (Wildman–Crippen MR) is 178 cm³/mol. The molecule has 0 bridgehead atoms. The van der Waals surface area contributed by atoms with Gasteiger partial charge in [0.25, 0.3) is 5.56 Å². The van der Waals surface area contributed by atoms with Gasteiger partial charge >= 0.3 is 6.09 Å². The number of amides is 2. The molecule has 2 saturated heterocycles. The van der Waals surface area contributed by atoms with Crippen molar-refractivity contribution in [2.75, 3.05) is 18.4 Å². The average molecular weight is 734 g/mol. The Morgan fingerprint density at radius 2 is 1.77 bits per heavy atom. The van der Waals surface area contributed by atoms with E-state index >= 15 is 0 Å². The molecule has 0 aliphatic carbocycles. The number of Topliss-reactive ketones (excluding diaryl/α,β-unsaturated/α-hetero) is 1. The van der Waals surface area contributed by atoms with E-state index in [1.807, 2.05) is 18.2 Å². The maximum atomic E-state index is 12.8. The SMILES string of the molecule is CCC(=O)c1ccc(Br)cc1NC(=O)C1CCCN1C(=O)OC(C)(C)C.Cn1c(C2CCCN2)nc2cc(Br)ccc2c1=O. The fourth-order valence-corrected chi connectivity index (χ4v) is 6.04. The molecule has 1 aromatic heterocycles. The highest BCUT2D eigenvalue weighted by Gasteiger charge is 2.37. The third-order valence-electron chi connectivity index (χ3n) is 7.49. The highest BCUT2D eigenvalue weighted by molar-refractivity contribution is 9.10. The Balaban J connectivity index is 0.000000213. The third kappa shape index (κ3) is 8.13. The van der Waals surface area contributed by atoms with E-state index in [1.165, 1.54) is 4.90 Å². The number of ether oxygens (including phenoxy) is 1. The average Bonchev–Trinajstić information content (AvgIpc) is 3.67. The largest absolute Gasteiger partial charge is 0.444 e. The molecule has 12 heteroatoms. The minimum Gasteiger partial charge on any atom is -0.444 e. The van der Waals surface area contributed by atoms with Crippen LogP contribution in [0.3, 0.4) is 0 Å².